The Bertz CT molecular complexity index is 1440. The summed E-state index contributed by atoms with van der Waals surface area (Å²) in [6.07, 6.45) is 6.26. The van der Waals surface area contributed by atoms with Crippen molar-refractivity contribution in [2.45, 2.75) is 87.6 Å². The van der Waals surface area contributed by atoms with E-state index in [1.807, 2.05) is 13.8 Å². The topological polar surface area (TPSA) is 157 Å². The fourth-order valence-electron chi connectivity index (χ4n) is 4.91. The van der Waals surface area contributed by atoms with E-state index in [1.165, 1.54) is 28.2 Å². The number of carbonyl (C=O) groups excluding carboxylic acids is 2. The lowest BCUT2D eigenvalue weighted by atomic mass is 10.00. The second kappa shape index (κ2) is 16.4. The van der Waals surface area contributed by atoms with Crippen LogP contribution >= 0.6 is 11.8 Å². The van der Waals surface area contributed by atoms with Crippen LogP contribution in [-0.2, 0) is 37.2 Å². The summed E-state index contributed by atoms with van der Waals surface area (Å²) in [5, 5.41) is 20.5. The number of unbranched alkanes of at least 4 members (excludes halogenated alkanes) is 2. The Morgan fingerprint density at radius 3 is 2.35 bits per heavy atom. The zero-order chi connectivity index (χ0) is 31.4. The Kier molecular flexibility index (Phi) is 12.9. The van der Waals surface area contributed by atoms with Gasteiger partial charge >= 0.3 is 5.97 Å². The lowest BCUT2D eigenvalue weighted by Crippen LogP contribution is -2.53. The molecule has 0 saturated carbocycles. The standard InChI is InChI=1S/C31H38N4O6S2/c1-3-29-35(43(40,41)26-12-8-5-9-13-26)28(20-42-29)30(37)34-27(31(38)39)19-24-16-14-23(15-17-24)18-25(36)11-7-4-6-10-22(2)33-21-32/h5,8-9,12-17,27-29H,3-4,6-7,10-11,18-20H2,1-2H3,(H,34,37)(H,38,39)/t27?,28-,29?/m0/s1. The molecule has 3 atom stereocenters. The first-order valence-corrected chi connectivity index (χ1v) is 16.8. The molecule has 2 aromatic carbocycles. The highest BCUT2D eigenvalue weighted by atomic mass is 32.2. The lowest BCUT2D eigenvalue weighted by Gasteiger charge is -2.28. The van der Waals surface area contributed by atoms with E-state index in [2.05, 4.69) is 10.3 Å². The number of aliphatic carboxylic acids is 1. The minimum atomic E-state index is -3.98. The van der Waals surface area contributed by atoms with Crippen LogP contribution in [0.5, 0.6) is 0 Å². The number of benzene rings is 2. The van der Waals surface area contributed by atoms with Gasteiger partial charge in [0, 0.05) is 30.7 Å². The third-order valence-corrected chi connectivity index (χ3v) is 10.7. The van der Waals surface area contributed by atoms with Gasteiger partial charge in [0.2, 0.25) is 22.1 Å². The monoisotopic (exact) mass is 626 g/mol. The first-order chi connectivity index (χ1) is 20.6. The number of nitriles is 1. The van der Waals surface area contributed by atoms with Gasteiger partial charge in [-0.25, -0.2) is 13.2 Å². The van der Waals surface area contributed by atoms with Crippen LogP contribution in [-0.4, -0.2) is 64.4 Å². The summed E-state index contributed by atoms with van der Waals surface area (Å²) in [4.78, 5) is 41.6. The van der Waals surface area contributed by atoms with Gasteiger partial charge < -0.3 is 10.4 Å². The molecule has 1 saturated heterocycles. The summed E-state index contributed by atoms with van der Waals surface area (Å²) in [7, 11) is -3.98. The van der Waals surface area contributed by atoms with Crippen molar-refractivity contribution >= 4 is 45.2 Å². The number of carbonyl (C=O) groups is 3. The van der Waals surface area contributed by atoms with Gasteiger partial charge in [0.05, 0.1) is 10.3 Å². The summed E-state index contributed by atoms with van der Waals surface area (Å²) in [6, 6.07) is 12.7. The maximum atomic E-state index is 13.4. The van der Waals surface area contributed by atoms with E-state index in [4.69, 9.17) is 5.26 Å². The fourth-order valence-corrected chi connectivity index (χ4v) is 8.48. The largest absolute Gasteiger partial charge is 0.480 e. The van der Waals surface area contributed by atoms with Gasteiger partial charge in [-0.05, 0) is 55.9 Å². The molecule has 230 valence electrons. The molecule has 0 radical (unpaired) electrons. The van der Waals surface area contributed by atoms with Crippen LogP contribution in [0.1, 0.15) is 63.5 Å². The van der Waals surface area contributed by atoms with Crippen LogP contribution in [0.2, 0.25) is 0 Å². The maximum absolute atomic E-state index is 13.4. The molecule has 3 rings (SSSR count). The molecule has 1 amide bonds. The van der Waals surface area contributed by atoms with Crippen LogP contribution < -0.4 is 5.32 Å². The second-order valence-corrected chi connectivity index (χ2v) is 13.6. The van der Waals surface area contributed by atoms with Crippen molar-refractivity contribution in [1.29, 1.82) is 5.26 Å². The smallest absolute Gasteiger partial charge is 0.326 e. The first kappa shape index (κ1) is 34.0. The van der Waals surface area contributed by atoms with E-state index in [9.17, 15) is 27.9 Å². The Balaban J connectivity index is 1.57. The number of amides is 1. The Morgan fingerprint density at radius 1 is 1.07 bits per heavy atom. The lowest BCUT2D eigenvalue weighted by molar-refractivity contribution is -0.142. The van der Waals surface area contributed by atoms with Gasteiger partial charge in [0.1, 0.15) is 17.9 Å². The highest BCUT2D eigenvalue weighted by Gasteiger charge is 2.46. The molecule has 0 aliphatic carbocycles. The molecule has 10 nitrogen and oxygen atoms in total. The molecule has 0 aromatic heterocycles. The van der Waals surface area contributed by atoms with E-state index < -0.39 is 39.4 Å². The van der Waals surface area contributed by atoms with Crippen molar-refractivity contribution in [2.24, 2.45) is 4.99 Å². The van der Waals surface area contributed by atoms with E-state index in [0.717, 1.165) is 37.0 Å². The fraction of sp³-hybridized carbons (Fsp3) is 0.452. The summed E-state index contributed by atoms with van der Waals surface area (Å²) in [5.74, 6) is -1.54. The van der Waals surface area contributed by atoms with Crippen molar-refractivity contribution in [3.63, 3.8) is 0 Å². The molecule has 2 N–H and O–H groups in total. The summed E-state index contributed by atoms with van der Waals surface area (Å²) in [5.41, 5.74) is 2.27. The summed E-state index contributed by atoms with van der Waals surface area (Å²) < 4.78 is 28.1. The molecular formula is C31H38N4O6S2. The average Bonchev–Trinajstić information content (AvgIpc) is 3.44. The average molecular weight is 627 g/mol. The predicted octanol–water partition coefficient (Wildman–Crippen LogP) is 4.34. The molecule has 2 unspecified atom stereocenters. The quantitative estimate of drug-likeness (QED) is 0.158. The predicted molar refractivity (Wildman–Crippen MR) is 166 cm³/mol. The Hall–Kier alpha value is -3.53. The minimum Gasteiger partial charge on any atom is -0.480 e. The third-order valence-electron chi connectivity index (χ3n) is 7.22. The zero-order valence-corrected chi connectivity index (χ0v) is 26.1. The number of thioether (sulfide) groups is 1. The number of carboxylic acid groups (broad SMARTS) is 1. The molecule has 1 fully saturated rings. The van der Waals surface area contributed by atoms with Crippen LogP contribution in [0, 0.1) is 11.5 Å². The van der Waals surface area contributed by atoms with E-state index in [1.54, 1.807) is 48.7 Å². The molecule has 12 heteroatoms. The molecule has 1 aliphatic heterocycles. The summed E-state index contributed by atoms with van der Waals surface area (Å²) >= 11 is 1.36. The number of carboxylic acids is 1. The summed E-state index contributed by atoms with van der Waals surface area (Å²) in [6.45, 7) is 3.66. The van der Waals surface area contributed by atoms with Crippen molar-refractivity contribution in [2.75, 3.05) is 5.75 Å². The van der Waals surface area contributed by atoms with E-state index in [-0.39, 0.29) is 29.3 Å². The van der Waals surface area contributed by atoms with Crippen molar-refractivity contribution in [1.82, 2.24) is 9.62 Å². The van der Waals surface area contributed by atoms with Gasteiger partial charge in [0.25, 0.3) is 0 Å². The van der Waals surface area contributed by atoms with Gasteiger partial charge in [-0.2, -0.15) is 14.6 Å². The number of sulfonamides is 1. The van der Waals surface area contributed by atoms with Crippen LogP contribution in [0.4, 0.5) is 0 Å². The molecule has 0 bridgehead atoms. The van der Waals surface area contributed by atoms with Gasteiger partial charge in [-0.3, -0.25) is 9.59 Å². The Morgan fingerprint density at radius 2 is 1.72 bits per heavy atom. The second-order valence-electron chi connectivity index (χ2n) is 10.5. The first-order valence-electron chi connectivity index (χ1n) is 14.3. The van der Waals surface area contributed by atoms with Crippen LogP contribution in [0.3, 0.4) is 0 Å². The number of Topliss-reactive ketones (excluding diaryl/α,β-unsaturated/α-hetero) is 1. The number of ketones is 1. The molecule has 0 spiro atoms. The Labute approximate surface area is 257 Å². The van der Waals surface area contributed by atoms with Crippen LogP contribution in [0.15, 0.2) is 64.5 Å². The van der Waals surface area contributed by atoms with E-state index >= 15 is 0 Å². The van der Waals surface area contributed by atoms with Gasteiger partial charge in [-0.15, -0.1) is 11.8 Å². The molecular weight excluding hydrogens is 588 g/mol. The molecule has 1 heterocycles. The maximum Gasteiger partial charge on any atom is 0.326 e. The van der Waals surface area contributed by atoms with Crippen molar-refractivity contribution in [3.8, 4) is 6.19 Å². The van der Waals surface area contributed by atoms with Crippen molar-refractivity contribution < 1.29 is 27.9 Å². The van der Waals surface area contributed by atoms with Crippen molar-refractivity contribution in [3.05, 3.63) is 65.7 Å². The minimum absolute atomic E-state index is 0.00628. The normalized spacial score (nSPS) is 18.1. The molecule has 43 heavy (non-hydrogen) atoms. The highest BCUT2D eigenvalue weighted by molar-refractivity contribution is 8.01. The molecule has 1 aliphatic rings. The number of nitrogens with zero attached hydrogens (tertiary/aromatic N) is 3. The zero-order valence-electron chi connectivity index (χ0n) is 24.4. The van der Waals surface area contributed by atoms with Gasteiger partial charge in [-0.1, -0.05) is 55.8 Å². The number of aliphatic imine (C=N–C) groups is 1. The number of rotatable bonds is 16. The van der Waals surface area contributed by atoms with Gasteiger partial charge in [0.15, 0.2) is 0 Å². The van der Waals surface area contributed by atoms with E-state index in [0.29, 0.717) is 18.4 Å². The third kappa shape index (κ3) is 9.74. The number of hydrogen-bond acceptors (Lipinski definition) is 8. The van der Waals surface area contributed by atoms with Crippen LogP contribution in [0.25, 0.3) is 0 Å². The number of hydrogen-bond donors (Lipinski definition) is 2. The SMILES string of the molecule is CCC1SC[C@@H](C(=O)NC(Cc2ccc(CC(=O)CCCCCC(C)=NC#N)cc2)C(=O)O)N1S(=O)(=O)c1ccccc1. The highest BCUT2D eigenvalue weighted by Crippen LogP contribution is 2.36. The molecule has 2 aromatic rings. The number of nitrogens with one attached hydrogen (secondary N) is 1.